The Kier molecular flexibility index (Phi) is 12.5. The maximum atomic E-state index is 14.9. The third-order valence-electron chi connectivity index (χ3n) is 12.2. The third kappa shape index (κ3) is 8.97. The fourth-order valence-corrected chi connectivity index (χ4v) is 11.0. The third-order valence-corrected chi connectivity index (χ3v) is 15.7. The van der Waals surface area contributed by atoms with E-state index in [1.807, 2.05) is 42.7 Å². The molecular formula is C44H49Cl2FN6O7S2. The number of thiazole rings is 1. The molecule has 5 atom stereocenters. The zero-order chi connectivity index (χ0) is 44.1. The minimum atomic E-state index is -3.93. The molecule has 2 aliphatic carbocycles. The highest BCUT2D eigenvalue weighted by Gasteiger charge is 2.62. The lowest BCUT2D eigenvalue weighted by atomic mass is 10.0. The fourth-order valence-electron chi connectivity index (χ4n) is 8.35. The molecule has 2 saturated carbocycles. The SMILES string of the molecule is COc1ccc2c(O[C@@H]3C[C@H]4C(=O)N[C@]5(C(=O)NS(=O)(=O)C6CC6)C[C@H]5/C=C\CCCCC[C@H](Nc5cc(F)c(Cl)c(Cl)c5)C(=O)N4C3)nc(-c3nc(C(C)C)cs3)cc2c1C. The van der Waals surface area contributed by atoms with Crippen molar-refractivity contribution in [2.45, 2.75) is 113 Å². The minimum absolute atomic E-state index is 0.0154. The Labute approximate surface area is 374 Å². The standard InChI is InChI=1S/C44H49Cl2FN6O7S2/c1-23(2)35-22-61-41(50-35)34-19-30-24(3)37(59-4)15-14-29(30)40(49-34)60-27-18-36-39(54)51-44(43(56)52-62(57,58)28-12-13-28)20-25(44)10-8-6-5-7-9-11-33(42(55)53(36)21-27)48-26-16-31(45)38(46)32(47)17-26/h8,10,14-17,19,22-23,25,27-28,33,36,48H,5-7,9,11-13,18,20-21H2,1-4H3,(H,51,54)(H,52,56)/b10-8-/t25-,27-,33+,36+,44-/m1/s1. The molecule has 3 amide bonds. The lowest BCUT2D eigenvalue weighted by molar-refractivity contribution is -0.140. The number of anilines is 1. The Bertz CT molecular complexity index is 2550. The van der Waals surface area contributed by atoms with E-state index in [4.69, 9.17) is 42.6 Å². The second-order valence-corrected chi connectivity index (χ2v) is 20.6. The van der Waals surface area contributed by atoms with Crippen molar-refractivity contribution >= 4 is 78.7 Å². The van der Waals surface area contributed by atoms with Crippen molar-refractivity contribution in [2.75, 3.05) is 19.0 Å². The zero-order valence-corrected chi connectivity index (χ0v) is 37.9. The fraction of sp³-hybridized carbons (Fsp3) is 0.477. The molecular weight excluding hydrogens is 879 g/mol. The van der Waals surface area contributed by atoms with E-state index >= 15 is 0 Å². The number of nitrogens with zero attached hydrogens (tertiary/aromatic N) is 3. The summed E-state index contributed by atoms with van der Waals surface area (Å²) in [5.41, 5.74) is 1.07. The second kappa shape index (κ2) is 17.6. The van der Waals surface area contributed by atoms with Crippen molar-refractivity contribution < 1.29 is 36.7 Å². The summed E-state index contributed by atoms with van der Waals surface area (Å²) in [6.07, 6.45) is 7.35. The molecule has 8 rings (SSSR count). The molecule has 3 fully saturated rings. The zero-order valence-electron chi connectivity index (χ0n) is 34.8. The van der Waals surface area contributed by atoms with Crippen LogP contribution in [-0.4, -0.2) is 83.6 Å². The van der Waals surface area contributed by atoms with Gasteiger partial charge in [0, 0.05) is 28.8 Å². The number of carbonyl (C=O) groups is 3. The smallest absolute Gasteiger partial charge is 0.259 e. The van der Waals surface area contributed by atoms with E-state index in [2.05, 4.69) is 29.2 Å². The number of aromatic nitrogens is 2. The largest absolute Gasteiger partial charge is 0.496 e. The van der Waals surface area contributed by atoms with Crippen molar-refractivity contribution in [3.8, 4) is 22.3 Å². The van der Waals surface area contributed by atoms with Crippen LogP contribution in [0.15, 0.2) is 47.9 Å². The predicted octanol–water partition coefficient (Wildman–Crippen LogP) is 8.08. The summed E-state index contributed by atoms with van der Waals surface area (Å²) in [4.78, 5) is 54.8. The van der Waals surface area contributed by atoms with Crippen molar-refractivity contribution in [1.82, 2.24) is 24.9 Å². The first kappa shape index (κ1) is 44.1. The average Bonchev–Trinajstić information content (AvgIpc) is 4.11. The van der Waals surface area contributed by atoms with Gasteiger partial charge in [-0.3, -0.25) is 19.1 Å². The van der Waals surface area contributed by atoms with Gasteiger partial charge in [0.15, 0.2) is 0 Å². The maximum Gasteiger partial charge on any atom is 0.259 e. The van der Waals surface area contributed by atoms with Gasteiger partial charge in [-0.1, -0.05) is 62.0 Å². The summed E-state index contributed by atoms with van der Waals surface area (Å²) in [5.74, 6) is -1.95. The van der Waals surface area contributed by atoms with Crippen molar-refractivity contribution in [1.29, 1.82) is 0 Å². The summed E-state index contributed by atoms with van der Waals surface area (Å²) in [6.45, 7) is 6.04. The Morgan fingerprint density at radius 3 is 2.58 bits per heavy atom. The van der Waals surface area contributed by atoms with Gasteiger partial charge in [0.1, 0.15) is 46.0 Å². The number of amides is 3. The van der Waals surface area contributed by atoms with E-state index in [9.17, 15) is 27.2 Å². The lowest BCUT2D eigenvalue weighted by Gasteiger charge is -2.30. The molecule has 0 unspecified atom stereocenters. The van der Waals surface area contributed by atoms with Gasteiger partial charge in [-0.25, -0.2) is 22.8 Å². The van der Waals surface area contributed by atoms with E-state index in [1.54, 1.807) is 7.11 Å². The van der Waals surface area contributed by atoms with Gasteiger partial charge in [-0.05, 0) is 92.6 Å². The Hall–Kier alpha value is -4.51. The monoisotopic (exact) mass is 926 g/mol. The van der Waals surface area contributed by atoms with Crippen LogP contribution in [0.5, 0.6) is 11.6 Å². The molecule has 13 nitrogen and oxygen atoms in total. The molecule has 2 aromatic carbocycles. The minimum Gasteiger partial charge on any atom is -0.496 e. The molecule has 18 heteroatoms. The molecule has 0 bridgehead atoms. The molecule has 0 spiro atoms. The summed E-state index contributed by atoms with van der Waals surface area (Å²) in [7, 11) is -2.33. The molecule has 2 aliphatic heterocycles. The molecule has 4 heterocycles. The summed E-state index contributed by atoms with van der Waals surface area (Å²) in [5, 5.41) is 9.37. The first-order valence-electron chi connectivity index (χ1n) is 21.0. The van der Waals surface area contributed by atoms with E-state index in [1.165, 1.54) is 28.4 Å². The number of fused-ring (bicyclic) bond motifs is 3. The van der Waals surface area contributed by atoms with Gasteiger partial charge in [0.05, 0.1) is 34.6 Å². The Morgan fingerprint density at radius 2 is 1.87 bits per heavy atom. The molecule has 3 N–H and O–H groups in total. The summed E-state index contributed by atoms with van der Waals surface area (Å²) < 4.78 is 55.4. The van der Waals surface area contributed by atoms with Crippen molar-refractivity contribution in [3.05, 3.63) is 75.0 Å². The second-order valence-electron chi connectivity index (χ2n) is 17.0. The number of methoxy groups -OCH3 is 1. The van der Waals surface area contributed by atoms with E-state index in [-0.39, 0.29) is 46.9 Å². The number of rotatable bonds is 10. The number of sulfonamides is 1. The molecule has 330 valence electrons. The number of ether oxygens (including phenoxy) is 2. The van der Waals surface area contributed by atoms with E-state index in [0.717, 1.165) is 29.5 Å². The van der Waals surface area contributed by atoms with Gasteiger partial charge < -0.3 is 25.0 Å². The van der Waals surface area contributed by atoms with E-state index < -0.39 is 68.5 Å². The van der Waals surface area contributed by atoms with Crippen LogP contribution in [0.25, 0.3) is 21.5 Å². The lowest BCUT2D eigenvalue weighted by Crippen LogP contribution is -2.57. The molecule has 62 heavy (non-hydrogen) atoms. The number of hydrogen-bond acceptors (Lipinski definition) is 11. The number of allylic oxidation sites excluding steroid dienone is 1. The molecule has 1 saturated heterocycles. The number of nitrogens with one attached hydrogen (secondary N) is 3. The number of halogens is 3. The quantitative estimate of drug-likeness (QED) is 0.105. The summed E-state index contributed by atoms with van der Waals surface area (Å²) in [6, 6.07) is 6.18. The van der Waals surface area contributed by atoms with Crippen LogP contribution in [0.3, 0.4) is 0 Å². The number of aryl methyl sites for hydroxylation is 1. The van der Waals surface area contributed by atoms with Crippen LogP contribution in [0.1, 0.15) is 88.8 Å². The van der Waals surface area contributed by atoms with Crippen molar-refractivity contribution in [2.24, 2.45) is 5.92 Å². The first-order chi connectivity index (χ1) is 29.6. The highest BCUT2D eigenvalue weighted by molar-refractivity contribution is 7.91. The Morgan fingerprint density at radius 1 is 1.08 bits per heavy atom. The van der Waals surface area contributed by atoms with Gasteiger partial charge in [0.25, 0.3) is 5.91 Å². The number of hydrogen-bond donors (Lipinski definition) is 3. The molecule has 4 aromatic rings. The van der Waals surface area contributed by atoms with Crippen LogP contribution in [0, 0.1) is 18.7 Å². The number of pyridine rings is 1. The van der Waals surface area contributed by atoms with Gasteiger partial charge in [-0.15, -0.1) is 11.3 Å². The highest BCUT2D eigenvalue weighted by Crippen LogP contribution is 2.46. The molecule has 4 aliphatic rings. The van der Waals surface area contributed by atoms with Gasteiger partial charge in [-0.2, -0.15) is 0 Å². The van der Waals surface area contributed by atoms with Crippen molar-refractivity contribution in [3.63, 3.8) is 0 Å². The topological polar surface area (TPSA) is 169 Å². The van der Waals surface area contributed by atoms with Crippen LogP contribution in [-0.2, 0) is 24.4 Å². The van der Waals surface area contributed by atoms with E-state index in [0.29, 0.717) is 53.9 Å². The van der Waals surface area contributed by atoms with Crippen LogP contribution >= 0.6 is 34.5 Å². The average molecular weight is 928 g/mol. The normalized spacial score (nSPS) is 25.0. The van der Waals surface area contributed by atoms with Crippen LogP contribution in [0.2, 0.25) is 10.0 Å². The van der Waals surface area contributed by atoms with Crippen LogP contribution < -0.4 is 24.8 Å². The number of carbonyl (C=O) groups excluding carboxylic acids is 3. The highest BCUT2D eigenvalue weighted by atomic mass is 35.5. The molecule has 0 radical (unpaired) electrons. The van der Waals surface area contributed by atoms with Crippen LogP contribution in [0.4, 0.5) is 10.1 Å². The maximum absolute atomic E-state index is 14.9. The Balaban J connectivity index is 1.16. The summed E-state index contributed by atoms with van der Waals surface area (Å²) >= 11 is 13.7. The van der Waals surface area contributed by atoms with Gasteiger partial charge >= 0.3 is 0 Å². The number of benzene rings is 2. The molecule has 2 aromatic heterocycles. The first-order valence-corrected chi connectivity index (χ1v) is 24.1. The predicted molar refractivity (Wildman–Crippen MR) is 238 cm³/mol. The van der Waals surface area contributed by atoms with Gasteiger partial charge in [0.2, 0.25) is 27.7 Å².